The van der Waals surface area contributed by atoms with E-state index < -0.39 is 0 Å². The average Bonchev–Trinajstić information content (AvgIpc) is 2.65. The molecular formula is C10H10N4O. The first kappa shape index (κ1) is 9.39. The Bertz CT molecular complexity index is 463. The van der Waals surface area contributed by atoms with E-state index in [1.165, 1.54) is 6.20 Å². The number of pyridine rings is 1. The molecule has 0 aliphatic heterocycles. The third-order valence-corrected chi connectivity index (χ3v) is 1.88. The fourth-order valence-electron chi connectivity index (χ4n) is 1.17. The first-order chi connectivity index (χ1) is 7.25. The lowest BCUT2D eigenvalue weighted by molar-refractivity contribution is 0.102. The van der Waals surface area contributed by atoms with Crippen molar-refractivity contribution in [2.75, 3.05) is 5.32 Å². The highest BCUT2D eigenvalue weighted by Gasteiger charge is 2.06. The summed E-state index contributed by atoms with van der Waals surface area (Å²) in [5.74, 6) is 0.327. The topological polar surface area (TPSA) is 59.8 Å². The third-order valence-electron chi connectivity index (χ3n) is 1.88. The number of nitrogens with one attached hydrogen (secondary N) is 1. The van der Waals surface area contributed by atoms with Crippen LogP contribution in [-0.4, -0.2) is 20.7 Å². The van der Waals surface area contributed by atoms with Gasteiger partial charge in [-0.15, -0.1) is 0 Å². The number of carbonyl (C=O) groups excluding carboxylic acids is 1. The van der Waals surface area contributed by atoms with Gasteiger partial charge in [0.2, 0.25) is 0 Å². The average molecular weight is 202 g/mol. The summed E-state index contributed by atoms with van der Waals surface area (Å²) in [6, 6.07) is 5.15. The Labute approximate surface area is 86.8 Å². The zero-order chi connectivity index (χ0) is 10.7. The number of hydrogen-bond donors (Lipinski definition) is 1. The van der Waals surface area contributed by atoms with E-state index >= 15 is 0 Å². The second-order valence-electron chi connectivity index (χ2n) is 3.07. The maximum atomic E-state index is 11.6. The van der Waals surface area contributed by atoms with Crippen LogP contribution in [0.2, 0.25) is 0 Å². The van der Waals surface area contributed by atoms with E-state index in [1.54, 1.807) is 42.3 Å². The van der Waals surface area contributed by atoms with Crippen molar-refractivity contribution in [3.05, 3.63) is 42.4 Å². The van der Waals surface area contributed by atoms with Gasteiger partial charge in [-0.3, -0.25) is 14.5 Å². The molecule has 2 heterocycles. The van der Waals surface area contributed by atoms with Crippen LogP contribution in [0.4, 0.5) is 5.82 Å². The molecule has 0 unspecified atom stereocenters. The normalized spacial score (nSPS) is 9.93. The van der Waals surface area contributed by atoms with Crippen molar-refractivity contribution in [2.45, 2.75) is 0 Å². The molecule has 0 saturated carbocycles. The SMILES string of the molecule is Cn1ccc(NC(=O)c2cccnc2)n1. The Morgan fingerprint density at radius 2 is 2.33 bits per heavy atom. The summed E-state index contributed by atoms with van der Waals surface area (Å²) in [6.07, 6.45) is 4.90. The summed E-state index contributed by atoms with van der Waals surface area (Å²) >= 11 is 0. The number of aryl methyl sites for hydroxylation is 1. The van der Waals surface area contributed by atoms with Crippen molar-refractivity contribution in [1.29, 1.82) is 0 Å². The van der Waals surface area contributed by atoms with E-state index in [0.29, 0.717) is 11.4 Å². The van der Waals surface area contributed by atoms with E-state index in [2.05, 4.69) is 15.4 Å². The molecule has 5 heteroatoms. The summed E-state index contributed by atoms with van der Waals surface area (Å²) < 4.78 is 1.62. The van der Waals surface area contributed by atoms with Crippen molar-refractivity contribution in [1.82, 2.24) is 14.8 Å². The van der Waals surface area contributed by atoms with Gasteiger partial charge in [0.05, 0.1) is 5.56 Å². The standard InChI is InChI=1S/C10H10N4O/c1-14-6-4-9(13-14)12-10(15)8-3-2-5-11-7-8/h2-7H,1H3,(H,12,13,15). The van der Waals surface area contributed by atoms with Crippen LogP contribution in [-0.2, 0) is 7.05 Å². The molecule has 0 aliphatic rings. The van der Waals surface area contributed by atoms with E-state index in [-0.39, 0.29) is 5.91 Å². The number of rotatable bonds is 2. The van der Waals surface area contributed by atoms with E-state index in [0.717, 1.165) is 0 Å². The van der Waals surface area contributed by atoms with Gasteiger partial charge >= 0.3 is 0 Å². The Morgan fingerprint density at radius 3 is 2.93 bits per heavy atom. The third kappa shape index (κ3) is 2.19. The highest BCUT2D eigenvalue weighted by atomic mass is 16.1. The van der Waals surface area contributed by atoms with Crippen LogP contribution >= 0.6 is 0 Å². The fraction of sp³-hybridized carbons (Fsp3) is 0.100. The lowest BCUT2D eigenvalue weighted by Gasteiger charge is -2.00. The van der Waals surface area contributed by atoms with Gasteiger partial charge in [0.25, 0.3) is 5.91 Å². The highest BCUT2D eigenvalue weighted by molar-refractivity contribution is 6.03. The van der Waals surface area contributed by atoms with E-state index in [1.807, 2.05) is 0 Å². The molecule has 0 aliphatic carbocycles. The van der Waals surface area contributed by atoms with Crippen molar-refractivity contribution in [3.8, 4) is 0 Å². The molecular weight excluding hydrogens is 192 g/mol. The number of carbonyl (C=O) groups is 1. The second-order valence-corrected chi connectivity index (χ2v) is 3.07. The monoisotopic (exact) mass is 202 g/mol. The highest BCUT2D eigenvalue weighted by Crippen LogP contribution is 2.04. The Balaban J connectivity index is 2.11. The number of aromatic nitrogens is 3. The van der Waals surface area contributed by atoms with Crippen LogP contribution in [0.1, 0.15) is 10.4 Å². The minimum absolute atomic E-state index is 0.207. The number of amides is 1. The molecule has 1 N–H and O–H groups in total. The predicted molar refractivity (Wildman–Crippen MR) is 55.4 cm³/mol. The van der Waals surface area contributed by atoms with Crippen LogP contribution in [0.5, 0.6) is 0 Å². The summed E-state index contributed by atoms with van der Waals surface area (Å²) in [7, 11) is 1.79. The van der Waals surface area contributed by atoms with Gasteiger partial charge in [0, 0.05) is 31.7 Å². The zero-order valence-corrected chi connectivity index (χ0v) is 8.21. The van der Waals surface area contributed by atoms with Crippen LogP contribution in [0.15, 0.2) is 36.8 Å². The lowest BCUT2D eigenvalue weighted by atomic mass is 10.3. The summed E-state index contributed by atoms with van der Waals surface area (Å²) in [6.45, 7) is 0. The lowest BCUT2D eigenvalue weighted by Crippen LogP contribution is -2.12. The van der Waals surface area contributed by atoms with Crippen LogP contribution in [0, 0.1) is 0 Å². The molecule has 0 bridgehead atoms. The molecule has 5 nitrogen and oxygen atoms in total. The van der Waals surface area contributed by atoms with Crippen molar-refractivity contribution < 1.29 is 4.79 Å². The van der Waals surface area contributed by atoms with Gasteiger partial charge in [-0.25, -0.2) is 0 Å². The van der Waals surface area contributed by atoms with Crippen LogP contribution in [0.3, 0.4) is 0 Å². The maximum absolute atomic E-state index is 11.6. The second kappa shape index (κ2) is 3.91. The molecule has 0 fully saturated rings. The smallest absolute Gasteiger partial charge is 0.258 e. The first-order valence-electron chi connectivity index (χ1n) is 4.47. The van der Waals surface area contributed by atoms with Gasteiger partial charge < -0.3 is 5.32 Å². The molecule has 2 aromatic heterocycles. The van der Waals surface area contributed by atoms with Gasteiger partial charge in [0.15, 0.2) is 5.82 Å². The molecule has 15 heavy (non-hydrogen) atoms. The van der Waals surface area contributed by atoms with Gasteiger partial charge in [-0.05, 0) is 12.1 Å². The molecule has 1 amide bonds. The molecule has 0 radical (unpaired) electrons. The van der Waals surface area contributed by atoms with Crippen molar-refractivity contribution in [3.63, 3.8) is 0 Å². The largest absolute Gasteiger partial charge is 0.305 e. The zero-order valence-electron chi connectivity index (χ0n) is 8.21. The molecule has 0 saturated heterocycles. The Morgan fingerprint density at radius 1 is 1.47 bits per heavy atom. The Hall–Kier alpha value is -2.17. The van der Waals surface area contributed by atoms with Crippen LogP contribution in [0.25, 0.3) is 0 Å². The number of hydrogen-bond acceptors (Lipinski definition) is 3. The van der Waals surface area contributed by atoms with Crippen molar-refractivity contribution >= 4 is 11.7 Å². The van der Waals surface area contributed by atoms with Gasteiger partial charge in [0.1, 0.15) is 0 Å². The molecule has 76 valence electrons. The summed E-state index contributed by atoms with van der Waals surface area (Å²) in [5, 5.41) is 6.71. The fourth-order valence-corrected chi connectivity index (χ4v) is 1.17. The molecule has 2 rings (SSSR count). The van der Waals surface area contributed by atoms with Gasteiger partial charge in [-0.2, -0.15) is 5.10 Å². The molecule has 0 spiro atoms. The maximum Gasteiger partial charge on any atom is 0.258 e. The predicted octanol–water partition coefficient (Wildman–Crippen LogP) is 1.07. The van der Waals surface area contributed by atoms with E-state index in [9.17, 15) is 4.79 Å². The Kier molecular flexibility index (Phi) is 2.45. The minimum Gasteiger partial charge on any atom is -0.305 e. The summed E-state index contributed by atoms with van der Waals surface area (Å²) in [4.78, 5) is 15.5. The molecule has 2 aromatic rings. The number of anilines is 1. The number of nitrogens with zero attached hydrogens (tertiary/aromatic N) is 3. The quantitative estimate of drug-likeness (QED) is 0.792. The van der Waals surface area contributed by atoms with Crippen molar-refractivity contribution in [2.24, 2.45) is 7.05 Å². The summed E-state index contributed by atoms with van der Waals surface area (Å²) in [5.41, 5.74) is 0.517. The van der Waals surface area contributed by atoms with Crippen LogP contribution < -0.4 is 5.32 Å². The van der Waals surface area contributed by atoms with E-state index in [4.69, 9.17) is 0 Å². The first-order valence-corrected chi connectivity index (χ1v) is 4.47. The molecule has 0 atom stereocenters. The van der Waals surface area contributed by atoms with Gasteiger partial charge in [-0.1, -0.05) is 0 Å². The minimum atomic E-state index is -0.207. The molecule has 0 aromatic carbocycles.